The number of nitrogens with zero attached hydrogens (tertiary/aromatic N) is 3. The van der Waals surface area contributed by atoms with E-state index in [0.29, 0.717) is 17.1 Å². The Morgan fingerprint density at radius 2 is 1.59 bits per heavy atom. The summed E-state index contributed by atoms with van der Waals surface area (Å²) in [5.41, 5.74) is 5.11. The van der Waals surface area contributed by atoms with Crippen molar-refractivity contribution in [3.63, 3.8) is 0 Å². The summed E-state index contributed by atoms with van der Waals surface area (Å²) in [6.45, 7) is 2.42. The highest BCUT2D eigenvalue weighted by atomic mass is 35.5. The van der Waals surface area contributed by atoms with Gasteiger partial charge in [0.1, 0.15) is 12.0 Å². The van der Waals surface area contributed by atoms with E-state index in [9.17, 15) is 4.39 Å². The van der Waals surface area contributed by atoms with Gasteiger partial charge in [-0.3, -0.25) is 4.98 Å². The third kappa shape index (κ3) is 4.41. The number of anilines is 1. The van der Waals surface area contributed by atoms with Gasteiger partial charge in [0, 0.05) is 29.0 Å². The molecule has 0 bridgehead atoms. The van der Waals surface area contributed by atoms with E-state index in [0.717, 1.165) is 22.4 Å². The lowest BCUT2D eigenvalue weighted by Crippen LogP contribution is -2.05. The van der Waals surface area contributed by atoms with E-state index >= 15 is 0 Å². The second-order valence-corrected chi connectivity index (χ2v) is 7.06. The molecule has 2 aromatic carbocycles. The highest BCUT2D eigenvalue weighted by molar-refractivity contribution is 6.30. The fourth-order valence-electron chi connectivity index (χ4n) is 3.03. The van der Waals surface area contributed by atoms with Crippen LogP contribution >= 0.6 is 11.6 Å². The number of rotatable bonds is 5. The largest absolute Gasteiger partial charge is 0.363 e. The summed E-state index contributed by atoms with van der Waals surface area (Å²) >= 11 is 5.90. The van der Waals surface area contributed by atoms with Gasteiger partial charge >= 0.3 is 0 Å². The molecule has 0 spiro atoms. The molecule has 4 nitrogen and oxygen atoms in total. The van der Waals surface area contributed by atoms with E-state index in [1.165, 1.54) is 6.33 Å². The van der Waals surface area contributed by atoms with Crippen LogP contribution in [0.2, 0.25) is 5.02 Å². The number of pyridine rings is 1. The van der Waals surface area contributed by atoms with Gasteiger partial charge in [0.15, 0.2) is 11.6 Å². The Balaban J connectivity index is 1.49. The van der Waals surface area contributed by atoms with Crippen molar-refractivity contribution in [2.75, 3.05) is 5.32 Å². The minimum Gasteiger partial charge on any atom is -0.363 e. The molecule has 0 aliphatic heterocycles. The zero-order valence-corrected chi connectivity index (χ0v) is 16.5. The average molecular weight is 405 g/mol. The lowest BCUT2D eigenvalue weighted by molar-refractivity contribution is 0.621. The highest BCUT2D eigenvalue weighted by Crippen LogP contribution is 2.26. The molecule has 0 saturated heterocycles. The number of aryl methyl sites for hydroxylation is 1. The Morgan fingerprint density at radius 1 is 0.862 bits per heavy atom. The van der Waals surface area contributed by atoms with Crippen molar-refractivity contribution in [1.29, 1.82) is 0 Å². The summed E-state index contributed by atoms with van der Waals surface area (Å²) in [4.78, 5) is 12.3. The molecule has 0 amide bonds. The van der Waals surface area contributed by atoms with Crippen molar-refractivity contribution in [3.8, 4) is 22.4 Å². The van der Waals surface area contributed by atoms with E-state index in [4.69, 9.17) is 11.6 Å². The molecule has 1 N–H and O–H groups in total. The zero-order chi connectivity index (χ0) is 20.2. The van der Waals surface area contributed by atoms with Gasteiger partial charge in [-0.2, -0.15) is 0 Å². The second-order valence-electron chi connectivity index (χ2n) is 6.63. The first-order chi connectivity index (χ1) is 14.1. The van der Waals surface area contributed by atoms with Gasteiger partial charge in [0.25, 0.3) is 0 Å². The van der Waals surface area contributed by atoms with Crippen molar-refractivity contribution in [1.82, 2.24) is 15.0 Å². The van der Waals surface area contributed by atoms with E-state index < -0.39 is 5.82 Å². The van der Waals surface area contributed by atoms with Crippen LogP contribution in [0.5, 0.6) is 0 Å². The molecule has 144 valence electrons. The molecule has 0 radical (unpaired) electrons. The molecule has 0 aliphatic carbocycles. The lowest BCUT2D eigenvalue weighted by atomic mass is 10.0. The molecule has 4 aromatic rings. The summed E-state index contributed by atoms with van der Waals surface area (Å²) in [6.07, 6.45) is 3.15. The fourth-order valence-corrected chi connectivity index (χ4v) is 3.15. The number of hydrogen-bond acceptors (Lipinski definition) is 4. The minimum absolute atomic E-state index is 0.166. The van der Waals surface area contributed by atoms with E-state index in [1.54, 1.807) is 30.5 Å². The molecule has 0 atom stereocenters. The number of nitrogens with one attached hydrogen (secondary N) is 1. The van der Waals surface area contributed by atoms with Gasteiger partial charge in [-0.1, -0.05) is 48.0 Å². The maximum atomic E-state index is 14.9. The van der Waals surface area contributed by atoms with Gasteiger partial charge in [0.05, 0.1) is 0 Å². The first-order valence-corrected chi connectivity index (χ1v) is 9.50. The van der Waals surface area contributed by atoms with Crippen LogP contribution in [-0.2, 0) is 6.54 Å². The first kappa shape index (κ1) is 19.0. The van der Waals surface area contributed by atoms with Crippen molar-refractivity contribution in [3.05, 3.63) is 95.3 Å². The van der Waals surface area contributed by atoms with Crippen molar-refractivity contribution < 1.29 is 4.39 Å². The number of hydrogen-bond donors (Lipinski definition) is 1. The predicted molar refractivity (Wildman–Crippen MR) is 114 cm³/mol. The van der Waals surface area contributed by atoms with Crippen molar-refractivity contribution >= 4 is 17.4 Å². The van der Waals surface area contributed by atoms with Gasteiger partial charge in [-0.25, -0.2) is 14.4 Å². The van der Waals surface area contributed by atoms with Crippen LogP contribution in [0.3, 0.4) is 0 Å². The average Bonchev–Trinajstić information content (AvgIpc) is 2.74. The van der Waals surface area contributed by atoms with Crippen LogP contribution in [-0.4, -0.2) is 15.0 Å². The van der Waals surface area contributed by atoms with Crippen LogP contribution in [0.15, 0.2) is 73.2 Å². The molecular formula is C23H18ClFN4. The summed E-state index contributed by atoms with van der Waals surface area (Å²) in [5.74, 6) is -0.322. The van der Waals surface area contributed by atoms with E-state index in [1.807, 2.05) is 43.3 Å². The van der Waals surface area contributed by atoms with Crippen LogP contribution in [0, 0.1) is 12.7 Å². The van der Waals surface area contributed by atoms with E-state index in [2.05, 4.69) is 20.3 Å². The van der Waals surface area contributed by atoms with Gasteiger partial charge in [-0.05, 0) is 47.9 Å². The Bertz CT molecular complexity index is 1130. The lowest BCUT2D eigenvalue weighted by Gasteiger charge is -2.10. The molecule has 29 heavy (non-hydrogen) atoms. The maximum absolute atomic E-state index is 14.9. The predicted octanol–water partition coefficient (Wildman–Crippen LogP) is 5.92. The van der Waals surface area contributed by atoms with Crippen LogP contribution in [0.1, 0.15) is 11.3 Å². The summed E-state index contributed by atoms with van der Waals surface area (Å²) in [6, 6.07) is 19.0. The van der Waals surface area contributed by atoms with Crippen LogP contribution < -0.4 is 5.32 Å². The van der Waals surface area contributed by atoms with Crippen molar-refractivity contribution in [2.45, 2.75) is 13.5 Å². The maximum Gasteiger partial charge on any atom is 0.191 e. The summed E-state index contributed by atoms with van der Waals surface area (Å²) < 4.78 is 14.9. The molecule has 0 unspecified atom stereocenters. The molecule has 2 heterocycles. The molecule has 0 saturated carbocycles. The zero-order valence-electron chi connectivity index (χ0n) is 15.7. The minimum atomic E-state index is -0.487. The molecule has 4 rings (SSSR count). The summed E-state index contributed by atoms with van der Waals surface area (Å²) in [5, 5.41) is 3.65. The molecule has 2 aromatic heterocycles. The van der Waals surface area contributed by atoms with Gasteiger partial charge in [-0.15, -0.1) is 0 Å². The SMILES string of the molecule is Cc1cc(-c2ccc(CNc3ncnc(-c4ccc(Cl)cc4)c3F)cc2)ccn1. The highest BCUT2D eigenvalue weighted by Gasteiger charge is 2.13. The van der Waals surface area contributed by atoms with Crippen molar-refractivity contribution in [2.24, 2.45) is 0 Å². The molecule has 0 fully saturated rings. The Hall–Kier alpha value is -3.31. The number of benzene rings is 2. The first-order valence-electron chi connectivity index (χ1n) is 9.12. The normalized spacial score (nSPS) is 10.7. The third-order valence-electron chi connectivity index (χ3n) is 4.55. The van der Waals surface area contributed by atoms with Crippen LogP contribution in [0.25, 0.3) is 22.4 Å². The third-order valence-corrected chi connectivity index (χ3v) is 4.80. The number of aromatic nitrogens is 3. The van der Waals surface area contributed by atoms with Gasteiger partial charge < -0.3 is 5.32 Å². The van der Waals surface area contributed by atoms with Crippen LogP contribution in [0.4, 0.5) is 10.2 Å². The smallest absolute Gasteiger partial charge is 0.191 e. The second kappa shape index (κ2) is 8.37. The molecular weight excluding hydrogens is 387 g/mol. The fraction of sp³-hybridized carbons (Fsp3) is 0.0870. The monoisotopic (exact) mass is 404 g/mol. The number of halogens is 2. The molecule has 0 aliphatic rings. The topological polar surface area (TPSA) is 50.7 Å². The van der Waals surface area contributed by atoms with E-state index in [-0.39, 0.29) is 11.5 Å². The summed E-state index contributed by atoms with van der Waals surface area (Å²) in [7, 11) is 0. The Labute approximate surface area is 173 Å². The van der Waals surface area contributed by atoms with Gasteiger partial charge in [0.2, 0.25) is 0 Å². The Kier molecular flexibility index (Phi) is 5.49. The molecule has 6 heteroatoms. The quantitative estimate of drug-likeness (QED) is 0.448. The Morgan fingerprint density at radius 3 is 2.31 bits per heavy atom. The standard InChI is InChI=1S/C23H18ClFN4/c1-15-12-19(10-11-26-15)17-4-2-16(3-5-17)13-27-23-21(25)22(28-14-29-23)18-6-8-20(24)9-7-18/h2-12,14H,13H2,1H3,(H,27,28,29).